The molecule has 0 saturated heterocycles. The van der Waals surface area contributed by atoms with Gasteiger partial charge in [-0.3, -0.25) is 0 Å². The third-order valence-corrected chi connectivity index (χ3v) is 3.66. The topological polar surface area (TPSA) is 52.6 Å². The molecule has 0 radical (unpaired) electrons. The van der Waals surface area contributed by atoms with E-state index < -0.39 is 15.6 Å². The second kappa shape index (κ2) is 5.45. The van der Waals surface area contributed by atoms with E-state index in [2.05, 4.69) is 4.18 Å². The SMILES string of the molecule is O=S(=O)(OC1=C(c2ccccc2)COCC1)C(F)(F)F. The van der Waals surface area contributed by atoms with Crippen molar-refractivity contribution in [2.24, 2.45) is 0 Å². The molecule has 1 aromatic carbocycles. The van der Waals surface area contributed by atoms with Gasteiger partial charge >= 0.3 is 15.6 Å². The van der Waals surface area contributed by atoms with Crippen molar-refractivity contribution < 1.29 is 30.5 Å². The second-order valence-electron chi connectivity index (χ2n) is 4.05. The lowest BCUT2D eigenvalue weighted by Crippen LogP contribution is -2.27. The quantitative estimate of drug-likeness (QED) is 0.636. The molecule has 1 aliphatic heterocycles. The van der Waals surface area contributed by atoms with Crippen LogP contribution >= 0.6 is 0 Å². The molecule has 0 aliphatic carbocycles. The lowest BCUT2D eigenvalue weighted by molar-refractivity contribution is -0.0526. The molecule has 1 aromatic rings. The summed E-state index contributed by atoms with van der Waals surface area (Å²) in [6.45, 7) is 0.117. The van der Waals surface area contributed by atoms with Gasteiger partial charge in [0, 0.05) is 12.0 Å². The maximum absolute atomic E-state index is 12.4. The summed E-state index contributed by atoms with van der Waals surface area (Å²) in [7, 11) is -5.65. The number of hydrogen-bond acceptors (Lipinski definition) is 4. The van der Waals surface area contributed by atoms with Gasteiger partial charge in [0.1, 0.15) is 5.76 Å². The van der Waals surface area contributed by atoms with E-state index in [-0.39, 0.29) is 25.4 Å². The second-order valence-corrected chi connectivity index (χ2v) is 5.59. The molecular formula is C12H11F3O4S. The minimum absolute atomic E-state index is 0.00667. The van der Waals surface area contributed by atoms with E-state index in [1.807, 2.05) is 0 Å². The molecule has 0 spiro atoms. The normalized spacial score (nSPS) is 17.1. The van der Waals surface area contributed by atoms with E-state index in [0.717, 1.165) is 0 Å². The molecule has 0 unspecified atom stereocenters. The molecular weight excluding hydrogens is 297 g/mol. The van der Waals surface area contributed by atoms with E-state index in [1.54, 1.807) is 30.3 Å². The molecule has 2 rings (SSSR count). The van der Waals surface area contributed by atoms with E-state index in [0.29, 0.717) is 11.1 Å². The molecule has 110 valence electrons. The standard InChI is InChI=1S/C12H11F3O4S/c13-12(14,15)20(16,17)19-11-6-7-18-8-10(11)9-4-2-1-3-5-9/h1-5H,6-8H2. The highest BCUT2D eigenvalue weighted by atomic mass is 32.2. The highest BCUT2D eigenvalue weighted by molar-refractivity contribution is 7.87. The molecule has 4 nitrogen and oxygen atoms in total. The van der Waals surface area contributed by atoms with E-state index in [4.69, 9.17) is 4.74 Å². The van der Waals surface area contributed by atoms with Gasteiger partial charge < -0.3 is 8.92 Å². The Labute approximate surface area is 113 Å². The molecule has 0 saturated carbocycles. The summed E-state index contributed by atoms with van der Waals surface area (Å²) in [5.41, 5.74) is -4.57. The Morgan fingerprint density at radius 2 is 1.80 bits per heavy atom. The molecule has 0 N–H and O–H groups in total. The predicted molar refractivity (Wildman–Crippen MR) is 64.9 cm³/mol. The summed E-state index contributed by atoms with van der Waals surface area (Å²) < 4.78 is 68.6. The number of hydrogen-bond donors (Lipinski definition) is 0. The monoisotopic (exact) mass is 308 g/mol. The van der Waals surface area contributed by atoms with Crippen LogP contribution in [0.2, 0.25) is 0 Å². The number of alkyl halides is 3. The van der Waals surface area contributed by atoms with Crippen LogP contribution in [0.25, 0.3) is 5.57 Å². The van der Waals surface area contributed by atoms with Crippen LogP contribution in [0.5, 0.6) is 0 Å². The Morgan fingerprint density at radius 3 is 2.40 bits per heavy atom. The summed E-state index contributed by atoms with van der Waals surface area (Å²) in [5.74, 6) is -0.222. The lowest BCUT2D eigenvalue weighted by Gasteiger charge is -2.21. The third-order valence-electron chi connectivity index (χ3n) is 2.67. The summed E-state index contributed by atoms with van der Waals surface area (Å²) in [5, 5.41) is 0. The fourth-order valence-electron chi connectivity index (χ4n) is 1.73. The highest BCUT2D eigenvalue weighted by Crippen LogP contribution is 2.32. The largest absolute Gasteiger partial charge is 0.534 e. The van der Waals surface area contributed by atoms with Crippen LogP contribution in [-0.4, -0.2) is 27.1 Å². The van der Waals surface area contributed by atoms with Gasteiger partial charge in [0.25, 0.3) is 0 Å². The zero-order valence-corrected chi connectivity index (χ0v) is 11.0. The molecule has 1 heterocycles. The predicted octanol–water partition coefficient (Wildman–Crippen LogP) is 2.68. The van der Waals surface area contributed by atoms with Gasteiger partial charge in [-0.25, -0.2) is 0 Å². The Kier molecular flexibility index (Phi) is 4.05. The lowest BCUT2D eigenvalue weighted by atomic mass is 10.0. The molecule has 0 bridgehead atoms. The maximum atomic E-state index is 12.4. The van der Waals surface area contributed by atoms with E-state index in [1.165, 1.54) is 0 Å². The molecule has 1 aliphatic rings. The van der Waals surface area contributed by atoms with Crippen LogP contribution in [0.15, 0.2) is 36.1 Å². The molecule has 0 amide bonds. The summed E-state index contributed by atoms with van der Waals surface area (Å²) in [6.07, 6.45) is -0.0282. The van der Waals surface area contributed by atoms with Gasteiger partial charge in [0.2, 0.25) is 0 Å². The summed E-state index contributed by atoms with van der Waals surface area (Å²) in [4.78, 5) is 0. The van der Waals surface area contributed by atoms with Crippen molar-refractivity contribution >= 4 is 15.7 Å². The average molecular weight is 308 g/mol. The molecule has 0 aromatic heterocycles. The van der Waals surface area contributed by atoms with Crippen molar-refractivity contribution in [2.45, 2.75) is 11.9 Å². The Morgan fingerprint density at radius 1 is 1.15 bits per heavy atom. The van der Waals surface area contributed by atoms with Crippen LogP contribution in [0.4, 0.5) is 13.2 Å². The van der Waals surface area contributed by atoms with Gasteiger partial charge in [-0.2, -0.15) is 21.6 Å². The van der Waals surface area contributed by atoms with Gasteiger partial charge in [0.15, 0.2) is 0 Å². The first-order valence-electron chi connectivity index (χ1n) is 5.67. The van der Waals surface area contributed by atoms with Gasteiger partial charge in [-0.05, 0) is 5.56 Å². The molecule has 0 fully saturated rings. The summed E-state index contributed by atoms with van der Waals surface area (Å²) in [6, 6.07) is 8.40. The van der Waals surface area contributed by atoms with Crippen molar-refractivity contribution in [3.05, 3.63) is 41.7 Å². The number of ether oxygens (including phenoxy) is 1. The van der Waals surface area contributed by atoms with E-state index in [9.17, 15) is 21.6 Å². The Balaban J connectivity index is 2.39. The maximum Gasteiger partial charge on any atom is 0.534 e. The number of rotatable bonds is 3. The number of halogens is 3. The average Bonchev–Trinajstić information content (AvgIpc) is 2.38. The van der Waals surface area contributed by atoms with E-state index >= 15 is 0 Å². The first-order valence-corrected chi connectivity index (χ1v) is 7.08. The van der Waals surface area contributed by atoms with Crippen molar-refractivity contribution in [1.29, 1.82) is 0 Å². The Hall–Kier alpha value is -1.54. The molecule has 8 heteroatoms. The van der Waals surface area contributed by atoms with Crippen molar-refractivity contribution in [2.75, 3.05) is 13.2 Å². The summed E-state index contributed by atoms with van der Waals surface area (Å²) >= 11 is 0. The fraction of sp³-hybridized carbons (Fsp3) is 0.333. The van der Waals surface area contributed by atoms with Crippen molar-refractivity contribution in [3.63, 3.8) is 0 Å². The van der Waals surface area contributed by atoms with Crippen LogP contribution in [0.3, 0.4) is 0 Å². The van der Waals surface area contributed by atoms with Gasteiger partial charge in [-0.1, -0.05) is 30.3 Å². The third kappa shape index (κ3) is 3.13. The van der Waals surface area contributed by atoms with Crippen LogP contribution in [0.1, 0.15) is 12.0 Å². The fourth-order valence-corrected chi connectivity index (χ4v) is 2.27. The first kappa shape index (κ1) is 14.9. The van der Waals surface area contributed by atoms with Crippen molar-refractivity contribution in [3.8, 4) is 0 Å². The van der Waals surface area contributed by atoms with Crippen LogP contribution in [0, 0.1) is 0 Å². The highest BCUT2D eigenvalue weighted by Gasteiger charge is 2.49. The first-order chi connectivity index (χ1) is 9.31. The molecule has 0 atom stereocenters. The Bertz CT molecular complexity index is 605. The van der Waals surface area contributed by atoms with Crippen LogP contribution in [-0.2, 0) is 19.0 Å². The smallest absolute Gasteiger partial charge is 0.380 e. The van der Waals surface area contributed by atoms with Gasteiger partial charge in [0.05, 0.1) is 13.2 Å². The van der Waals surface area contributed by atoms with Gasteiger partial charge in [-0.15, -0.1) is 0 Å². The molecule has 20 heavy (non-hydrogen) atoms. The zero-order valence-electron chi connectivity index (χ0n) is 10.2. The van der Waals surface area contributed by atoms with Crippen LogP contribution < -0.4 is 0 Å². The minimum Gasteiger partial charge on any atom is -0.380 e. The number of benzene rings is 1. The van der Waals surface area contributed by atoms with Crippen molar-refractivity contribution in [1.82, 2.24) is 0 Å². The minimum atomic E-state index is -5.65. The zero-order chi connectivity index (χ0) is 14.8.